The Kier molecular flexibility index (Phi) is 6.51. The summed E-state index contributed by atoms with van der Waals surface area (Å²) in [5, 5.41) is 0.684. The van der Waals surface area contributed by atoms with E-state index in [0.29, 0.717) is 11.6 Å². The van der Waals surface area contributed by atoms with E-state index >= 15 is 0 Å². The average Bonchev–Trinajstić information content (AvgIpc) is 3.12. The molecule has 0 aliphatic carbocycles. The molecule has 0 bridgehead atoms. The molecule has 0 atom stereocenters. The Balaban J connectivity index is 1.83. The number of fused-ring (bicyclic) bond motifs is 1. The summed E-state index contributed by atoms with van der Waals surface area (Å²) in [7, 11) is 1.72. The Bertz CT molecular complexity index is 1010. The van der Waals surface area contributed by atoms with Gasteiger partial charge in [-0.1, -0.05) is 30.7 Å². The van der Waals surface area contributed by atoms with E-state index in [0.717, 1.165) is 79.9 Å². The zero-order chi connectivity index (χ0) is 21.1. The smallest absolute Gasteiger partial charge is 0.166 e. The molecule has 3 aromatic rings. The van der Waals surface area contributed by atoms with Crippen LogP contribution in [0.4, 0.5) is 5.82 Å². The number of piperazine rings is 1. The summed E-state index contributed by atoms with van der Waals surface area (Å²) >= 11 is 6.54. The fourth-order valence-corrected chi connectivity index (χ4v) is 4.24. The number of ether oxygens (including phenoxy) is 1. The van der Waals surface area contributed by atoms with Gasteiger partial charge in [0.1, 0.15) is 11.6 Å². The number of rotatable bonds is 7. The van der Waals surface area contributed by atoms with Crippen molar-refractivity contribution in [2.45, 2.75) is 26.8 Å². The summed E-state index contributed by atoms with van der Waals surface area (Å²) in [4.78, 5) is 19.4. The van der Waals surface area contributed by atoms with Crippen LogP contribution >= 0.6 is 11.6 Å². The molecule has 1 fully saturated rings. The minimum Gasteiger partial charge on any atom is -0.385 e. The van der Waals surface area contributed by atoms with Crippen LogP contribution in [0.1, 0.15) is 19.2 Å². The molecule has 8 heteroatoms. The van der Waals surface area contributed by atoms with Crippen molar-refractivity contribution in [2.75, 3.05) is 51.3 Å². The molecule has 4 rings (SSSR count). The molecule has 30 heavy (non-hydrogen) atoms. The highest BCUT2D eigenvalue weighted by Gasteiger charge is 2.24. The third-order valence-corrected chi connectivity index (χ3v) is 5.98. The molecule has 3 heterocycles. The van der Waals surface area contributed by atoms with Gasteiger partial charge in [0.25, 0.3) is 0 Å². The van der Waals surface area contributed by atoms with Crippen molar-refractivity contribution in [3.8, 4) is 11.4 Å². The summed E-state index contributed by atoms with van der Waals surface area (Å²) in [5.74, 6) is 2.51. The van der Waals surface area contributed by atoms with Crippen LogP contribution in [-0.4, -0.2) is 70.9 Å². The number of nitrogens with zero attached hydrogens (tertiary/aromatic N) is 6. The van der Waals surface area contributed by atoms with Crippen LogP contribution in [0.3, 0.4) is 0 Å². The van der Waals surface area contributed by atoms with Crippen molar-refractivity contribution >= 4 is 28.6 Å². The first-order valence-corrected chi connectivity index (χ1v) is 11.0. The van der Waals surface area contributed by atoms with Gasteiger partial charge in [-0.25, -0.2) is 15.0 Å². The maximum absolute atomic E-state index is 6.54. The van der Waals surface area contributed by atoms with Gasteiger partial charge in [-0.3, -0.25) is 0 Å². The van der Waals surface area contributed by atoms with Crippen LogP contribution in [0.5, 0.6) is 0 Å². The lowest BCUT2D eigenvalue weighted by Crippen LogP contribution is -2.46. The van der Waals surface area contributed by atoms with E-state index in [2.05, 4.69) is 21.3 Å². The lowest BCUT2D eigenvalue weighted by atomic mass is 10.2. The third-order valence-electron chi connectivity index (χ3n) is 5.65. The highest BCUT2D eigenvalue weighted by molar-refractivity contribution is 6.33. The van der Waals surface area contributed by atoms with Gasteiger partial charge in [-0.2, -0.15) is 0 Å². The first-order valence-electron chi connectivity index (χ1n) is 10.6. The van der Waals surface area contributed by atoms with Crippen molar-refractivity contribution in [3.05, 3.63) is 35.1 Å². The number of imidazole rings is 1. The van der Waals surface area contributed by atoms with Gasteiger partial charge in [0.05, 0.1) is 5.02 Å². The summed E-state index contributed by atoms with van der Waals surface area (Å²) in [6, 6.07) is 7.84. The first kappa shape index (κ1) is 21.0. The van der Waals surface area contributed by atoms with Crippen molar-refractivity contribution in [1.82, 2.24) is 24.4 Å². The van der Waals surface area contributed by atoms with Crippen molar-refractivity contribution in [2.24, 2.45) is 0 Å². The quantitative estimate of drug-likeness (QED) is 0.535. The van der Waals surface area contributed by atoms with Gasteiger partial charge in [-0.15, -0.1) is 0 Å². The molecule has 1 aromatic carbocycles. The molecule has 1 aliphatic rings. The molecular formula is C22H29ClN6O. The second kappa shape index (κ2) is 9.29. The van der Waals surface area contributed by atoms with Gasteiger partial charge in [0.15, 0.2) is 17.0 Å². The number of hydrogen-bond donors (Lipinski definition) is 0. The highest BCUT2D eigenvalue weighted by Crippen LogP contribution is 2.33. The molecule has 0 saturated carbocycles. The Morgan fingerprint density at radius 1 is 1.07 bits per heavy atom. The molecule has 2 aromatic heterocycles. The third kappa shape index (κ3) is 4.15. The maximum Gasteiger partial charge on any atom is 0.166 e. The number of aromatic nitrogens is 4. The largest absolute Gasteiger partial charge is 0.385 e. The van der Waals surface area contributed by atoms with Crippen LogP contribution in [-0.2, 0) is 11.3 Å². The van der Waals surface area contributed by atoms with Crippen molar-refractivity contribution < 1.29 is 4.74 Å². The zero-order valence-corrected chi connectivity index (χ0v) is 18.7. The topological polar surface area (TPSA) is 59.3 Å². The van der Waals surface area contributed by atoms with Gasteiger partial charge >= 0.3 is 0 Å². The Morgan fingerprint density at radius 2 is 1.83 bits per heavy atom. The Hall–Kier alpha value is -2.22. The molecule has 1 aliphatic heterocycles. The zero-order valence-electron chi connectivity index (χ0n) is 17.9. The standard InChI is InChI=1S/C22H29ClN6O/c1-4-27-11-13-28(14-12-27)21-19-22(25-16(2)24-21)29(10-7-15-30-3)20(26-19)17-8-5-6-9-18(17)23/h5-6,8-9H,4,7,10-15H2,1-3H3. The molecule has 0 unspecified atom stereocenters. The average molecular weight is 429 g/mol. The van der Waals surface area contributed by atoms with E-state index < -0.39 is 0 Å². The van der Waals surface area contributed by atoms with E-state index in [1.807, 2.05) is 31.2 Å². The molecule has 0 radical (unpaired) electrons. The molecule has 0 spiro atoms. The summed E-state index contributed by atoms with van der Waals surface area (Å²) in [6.45, 7) is 10.6. The minimum atomic E-state index is 0.678. The lowest BCUT2D eigenvalue weighted by Gasteiger charge is -2.34. The molecular weight excluding hydrogens is 400 g/mol. The SMILES string of the molecule is CCN1CCN(c2nc(C)nc3c2nc(-c2ccccc2Cl)n3CCCOC)CC1. The summed E-state index contributed by atoms with van der Waals surface area (Å²) in [6.07, 6.45) is 0.868. The molecule has 1 saturated heterocycles. The van der Waals surface area contributed by atoms with Gasteiger partial charge in [-0.05, 0) is 32.0 Å². The second-order valence-corrected chi connectivity index (χ2v) is 8.01. The van der Waals surface area contributed by atoms with Gasteiger partial charge in [0, 0.05) is 52.0 Å². The first-order chi connectivity index (χ1) is 14.6. The van der Waals surface area contributed by atoms with Crippen molar-refractivity contribution in [3.63, 3.8) is 0 Å². The van der Waals surface area contributed by atoms with E-state index in [1.54, 1.807) is 7.11 Å². The molecule has 7 nitrogen and oxygen atoms in total. The van der Waals surface area contributed by atoms with E-state index in [-0.39, 0.29) is 0 Å². The minimum absolute atomic E-state index is 0.678. The predicted octanol–water partition coefficient (Wildman–Crippen LogP) is 3.63. The van der Waals surface area contributed by atoms with E-state index in [4.69, 9.17) is 31.3 Å². The monoisotopic (exact) mass is 428 g/mol. The normalized spacial score (nSPS) is 15.3. The number of anilines is 1. The number of aryl methyl sites for hydroxylation is 2. The van der Waals surface area contributed by atoms with Gasteiger partial charge < -0.3 is 19.1 Å². The molecule has 160 valence electrons. The maximum atomic E-state index is 6.54. The van der Waals surface area contributed by atoms with Crippen LogP contribution < -0.4 is 4.90 Å². The number of hydrogen-bond acceptors (Lipinski definition) is 6. The number of halogens is 1. The molecule has 0 amide bonds. The molecule has 0 N–H and O–H groups in total. The fraction of sp³-hybridized carbons (Fsp3) is 0.500. The lowest BCUT2D eigenvalue weighted by molar-refractivity contribution is 0.191. The van der Waals surface area contributed by atoms with Gasteiger partial charge in [0.2, 0.25) is 0 Å². The number of benzene rings is 1. The van der Waals surface area contributed by atoms with Crippen LogP contribution in [0.2, 0.25) is 5.02 Å². The number of methoxy groups -OCH3 is 1. The Labute approximate surface area is 182 Å². The Morgan fingerprint density at radius 3 is 2.53 bits per heavy atom. The van der Waals surface area contributed by atoms with Crippen LogP contribution in [0.15, 0.2) is 24.3 Å². The van der Waals surface area contributed by atoms with Crippen molar-refractivity contribution in [1.29, 1.82) is 0 Å². The summed E-state index contributed by atoms with van der Waals surface area (Å²) in [5.41, 5.74) is 2.62. The highest BCUT2D eigenvalue weighted by atomic mass is 35.5. The van der Waals surface area contributed by atoms with E-state index in [1.165, 1.54) is 0 Å². The number of likely N-dealkylation sites (N-methyl/N-ethyl adjacent to an activating group) is 1. The van der Waals surface area contributed by atoms with Crippen LogP contribution in [0, 0.1) is 6.92 Å². The van der Waals surface area contributed by atoms with E-state index in [9.17, 15) is 0 Å². The fourth-order valence-electron chi connectivity index (χ4n) is 4.02. The second-order valence-electron chi connectivity index (χ2n) is 7.60. The predicted molar refractivity (Wildman–Crippen MR) is 121 cm³/mol. The summed E-state index contributed by atoms with van der Waals surface area (Å²) < 4.78 is 7.44. The van der Waals surface area contributed by atoms with Crippen LogP contribution in [0.25, 0.3) is 22.6 Å².